The van der Waals surface area contributed by atoms with Gasteiger partial charge in [0, 0.05) is 12.2 Å². The van der Waals surface area contributed by atoms with Crippen molar-refractivity contribution in [3.63, 3.8) is 0 Å². The van der Waals surface area contributed by atoms with Crippen molar-refractivity contribution in [1.82, 2.24) is 9.97 Å². The van der Waals surface area contributed by atoms with Gasteiger partial charge in [-0.1, -0.05) is 13.0 Å². The summed E-state index contributed by atoms with van der Waals surface area (Å²) in [7, 11) is -3.23. The van der Waals surface area contributed by atoms with Crippen LogP contribution in [0.15, 0.2) is 23.1 Å². The average Bonchev–Trinajstić information content (AvgIpc) is 3.04. The topological polar surface area (TPSA) is 62.8 Å². The Morgan fingerprint density at radius 1 is 1.39 bits per heavy atom. The number of benzene rings is 1. The molecule has 1 aromatic carbocycles. The van der Waals surface area contributed by atoms with Crippen molar-refractivity contribution in [3.8, 4) is 0 Å². The van der Waals surface area contributed by atoms with Crippen molar-refractivity contribution >= 4 is 20.9 Å². The van der Waals surface area contributed by atoms with Crippen LogP contribution in [0.25, 0.3) is 11.0 Å². The minimum absolute atomic E-state index is 0.311. The van der Waals surface area contributed by atoms with E-state index < -0.39 is 9.84 Å². The van der Waals surface area contributed by atoms with E-state index in [1.807, 2.05) is 6.07 Å². The number of nitrogens with one attached hydrogen (secondary N) is 1. The lowest BCUT2D eigenvalue weighted by molar-refractivity contribution is 0.602. The van der Waals surface area contributed by atoms with Gasteiger partial charge < -0.3 is 4.98 Å². The summed E-state index contributed by atoms with van der Waals surface area (Å²) >= 11 is 0. The third-order valence-corrected chi connectivity index (χ3v) is 4.78. The summed E-state index contributed by atoms with van der Waals surface area (Å²) in [6.45, 7) is 2.15. The van der Waals surface area contributed by atoms with Gasteiger partial charge >= 0.3 is 0 Å². The van der Waals surface area contributed by atoms with Gasteiger partial charge in [-0.3, -0.25) is 0 Å². The maximum atomic E-state index is 11.7. The summed E-state index contributed by atoms with van der Waals surface area (Å²) in [5.74, 6) is 1.99. The molecular formula is C13H16N2O2S. The molecule has 0 saturated heterocycles. The quantitative estimate of drug-likeness (QED) is 0.926. The lowest BCUT2D eigenvalue weighted by Gasteiger charge is -2.04. The Bertz CT molecular complexity index is 699. The highest BCUT2D eigenvalue weighted by Crippen LogP contribution is 2.41. The molecule has 96 valence electrons. The van der Waals surface area contributed by atoms with E-state index in [4.69, 9.17) is 0 Å². The Morgan fingerprint density at radius 2 is 2.11 bits per heavy atom. The summed E-state index contributed by atoms with van der Waals surface area (Å²) in [4.78, 5) is 8.07. The highest BCUT2D eigenvalue weighted by atomic mass is 32.2. The van der Waals surface area contributed by atoms with Gasteiger partial charge in [0.1, 0.15) is 11.3 Å². The molecule has 1 fully saturated rings. The largest absolute Gasteiger partial charge is 0.342 e. The number of aromatic amines is 1. The van der Waals surface area contributed by atoms with Crippen molar-refractivity contribution in [2.45, 2.75) is 30.6 Å². The first kappa shape index (κ1) is 11.7. The van der Waals surface area contributed by atoms with Gasteiger partial charge in [-0.15, -0.1) is 0 Å². The zero-order chi connectivity index (χ0) is 12.9. The highest BCUT2D eigenvalue weighted by molar-refractivity contribution is 7.91. The first-order chi connectivity index (χ1) is 8.47. The summed E-state index contributed by atoms with van der Waals surface area (Å²) in [5, 5.41) is 0. The maximum Gasteiger partial charge on any atom is 0.177 e. The van der Waals surface area contributed by atoms with Gasteiger partial charge in [-0.2, -0.15) is 0 Å². The van der Waals surface area contributed by atoms with E-state index in [1.54, 1.807) is 12.1 Å². The molecule has 1 N–H and O–H groups in total. The molecule has 1 saturated carbocycles. The van der Waals surface area contributed by atoms with Gasteiger partial charge in [-0.05, 0) is 30.9 Å². The van der Waals surface area contributed by atoms with Crippen LogP contribution in [-0.2, 0) is 9.84 Å². The predicted octanol–water partition coefficient (Wildman–Crippen LogP) is 2.48. The summed E-state index contributed by atoms with van der Waals surface area (Å²) in [6, 6.07) is 5.24. The molecule has 0 bridgehead atoms. The molecule has 0 amide bonds. The highest BCUT2D eigenvalue weighted by Gasteiger charge is 2.31. The van der Waals surface area contributed by atoms with Gasteiger partial charge in [0.25, 0.3) is 0 Å². The Morgan fingerprint density at radius 3 is 2.72 bits per heavy atom. The van der Waals surface area contributed by atoms with Crippen molar-refractivity contribution in [3.05, 3.63) is 24.0 Å². The van der Waals surface area contributed by atoms with E-state index in [9.17, 15) is 8.42 Å². The molecule has 1 atom stereocenters. The molecule has 0 radical (unpaired) electrons. The summed E-state index contributed by atoms with van der Waals surface area (Å²) < 4.78 is 23.4. The van der Waals surface area contributed by atoms with E-state index in [2.05, 4.69) is 16.9 Å². The third-order valence-electron chi connectivity index (χ3n) is 3.65. The number of rotatable bonds is 3. The summed E-state index contributed by atoms with van der Waals surface area (Å²) in [5.41, 5.74) is 1.38. The Balaban J connectivity index is 2.17. The van der Waals surface area contributed by atoms with E-state index in [0.717, 1.165) is 11.3 Å². The molecule has 0 spiro atoms. The molecule has 1 aromatic heterocycles. The molecule has 4 nitrogen and oxygen atoms in total. The lowest BCUT2D eigenvalue weighted by Crippen LogP contribution is -1.99. The zero-order valence-corrected chi connectivity index (χ0v) is 11.3. The first-order valence-corrected chi connectivity index (χ1v) is 8.04. The fraction of sp³-hybridized carbons (Fsp3) is 0.462. The number of imidazole rings is 1. The van der Waals surface area contributed by atoms with Crippen molar-refractivity contribution in [2.75, 3.05) is 6.26 Å². The van der Waals surface area contributed by atoms with Crippen LogP contribution in [0.1, 0.15) is 31.5 Å². The second-order valence-electron chi connectivity index (χ2n) is 5.17. The predicted molar refractivity (Wildman–Crippen MR) is 70.3 cm³/mol. The van der Waals surface area contributed by atoms with E-state index in [-0.39, 0.29) is 0 Å². The molecular weight excluding hydrogens is 248 g/mol. The fourth-order valence-corrected chi connectivity index (χ4v) is 3.19. The van der Waals surface area contributed by atoms with Crippen LogP contribution >= 0.6 is 0 Å². The van der Waals surface area contributed by atoms with Crippen LogP contribution in [0, 0.1) is 5.92 Å². The SMILES string of the molecule is CC(c1nc2c(S(C)(=O)=O)cccc2[nH]1)C1CC1. The van der Waals surface area contributed by atoms with Gasteiger partial charge in [-0.25, -0.2) is 13.4 Å². The Hall–Kier alpha value is -1.36. The summed E-state index contributed by atoms with van der Waals surface area (Å²) in [6.07, 6.45) is 3.72. The molecule has 1 aliphatic rings. The minimum atomic E-state index is -3.23. The van der Waals surface area contributed by atoms with E-state index >= 15 is 0 Å². The number of hydrogen-bond donors (Lipinski definition) is 1. The number of nitrogens with zero attached hydrogens (tertiary/aromatic N) is 1. The van der Waals surface area contributed by atoms with Gasteiger partial charge in [0.2, 0.25) is 0 Å². The third kappa shape index (κ3) is 1.92. The maximum absolute atomic E-state index is 11.7. The molecule has 3 rings (SSSR count). The van der Waals surface area contributed by atoms with Gasteiger partial charge in [0.15, 0.2) is 9.84 Å². The number of fused-ring (bicyclic) bond motifs is 1. The van der Waals surface area contributed by atoms with Crippen molar-refractivity contribution in [2.24, 2.45) is 5.92 Å². The molecule has 1 aliphatic carbocycles. The van der Waals surface area contributed by atoms with Crippen LogP contribution in [0.5, 0.6) is 0 Å². The number of hydrogen-bond acceptors (Lipinski definition) is 3. The number of H-pyrrole nitrogens is 1. The standard InChI is InChI=1S/C13H16N2O2S/c1-8(9-6-7-9)13-14-10-4-3-5-11(12(10)15-13)18(2,16)17/h3-5,8-9H,6-7H2,1-2H3,(H,14,15). The minimum Gasteiger partial charge on any atom is -0.342 e. The normalized spacial score (nSPS) is 18.1. The molecule has 18 heavy (non-hydrogen) atoms. The fourth-order valence-electron chi connectivity index (χ4n) is 2.36. The molecule has 5 heteroatoms. The Labute approximate surface area is 106 Å². The Kier molecular flexibility index (Phi) is 2.48. The molecule has 2 aromatic rings. The first-order valence-electron chi connectivity index (χ1n) is 6.15. The van der Waals surface area contributed by atoms with E-state index in [0.29, 0.717) is 22.2 Å². The number of para-hydroxylation sites is 1. The van der Waals surface area contributed by atoms with Crippen LogP contribution in [-0.4, -0.2) is 24.6 Å². The lowest BCUT2D eigenvalue weighted by atomic mass is 10.1. The van der Waals surface area contributed by atoms with Crippen LogP contribution in [0.4, 0.5) is 0 Å². The second-order valence-corrected chi connectivity index (χ2v) is 7.16. The van der Waals surface area contributed by atoms with Crippen molar-refractivity contribution in [1.29, 1.82) is 0 Å². The molecule has 1 unspecified atom stereocenters. The second kappa shape index (κ2) is 3.82. The van der Waals surface area contributed by atoms with Crippen molar-refractivity contribution < 1.29 is 8.42 Å². The van der Waals surface area contributed by atoms with Crippen LogP contribution < -0.4 is 0 Å². The van der Waals surface area contributed by atoms with Crippen LogP contribution in [0.3, 0.4) is 0 Å². The number of aromatic nitrogens is 2. The number of sulfone groups is 1. The average molecular weight is 264 g/mol. The van der Waals surface area contributed by atoms with Gasteiger partial charge in [0.05, 0.1) is 10.4 Å². The smallest absolute Gasteiger partial charge is 0.177 e. The monoisotopic (exact) mass is 264 g/mol. The van der Waals surface area contributed by atoms with E-state index in [1.165, 1.54) is 19.1 Å². The van der Waals surface area contributed by atoms with Crippen LogP contribution in [0.2, 0.25) is 0 Å². The zero-order valence-electron chi connectivity index (χ0n) is 10.5. The molecule has 0 aliphatic heterocycles. The molecule has 1 heterocycles.